The van der Waals surface area contributed by atoms with Crippen molar-refractivity contribution >= 4 is 11.8 Å². The summed E-state index contributed by atoms with van der Waals surface area (Å²) < 4.78 is 10.7. The second-order valence-electron chi connectivity index (χ2n) is 3.45. The molecule has 1 aromatic rings. The van der Waals surface area contributed by atoms with Gasteiger partial charge in [0, 0.05) is 5.56 Å². The van der Waals surface area contributed by atoms with Crippen molar-refractivity contribution in [3.63, 3.8) is 0 Å². The standard InChI is InChI=1S/C11H10O5/c1-6-4-7(9(12)11(13)14)5-8-10(6)16-3-2-15-8/h4-5H,2-3H2,1H3,(H,13,14). The second-order valence-corrected chi connectivity index (χ2v) is 3.45. The van der Waals surface area contributed by atoms with Crippen molar-refractivity contribution in [1.82, 2.24) is 0 Å². The van der Waals surface area contributed by atoms with E-state index in [9.17, 15) is 9.59 Å². The van der Waals surface area contributed by atoms with Gasteiger partial charge in [-0.25, -0.2) is 4.79 Å². The lowest BCUT2D eigenvalue weighted by Crippen LogP contribution is -2.18. The van der Waals surface area contributed by atoms with E-state index >= 15 is 0 Å². The van der Waals surface area contributed by atoms with Crippen molar-refractivity contribution in [2.45, 2.75) is 6.92 Å². The predicted molar refractivity (Wildman–Crippen MR) is 54.1 cm³/mol. The molecule has 0 bridgehead atoms. The monoisotopic (exact) mass is 222 g/mol. The van der Waals surface area contributed by atoms with Gasteiger partial charge in [-0.1, -0.05) is 0 Å². The largest absolute Gasteiger partial charge is 0.486 e. The Balaban J connectivity index is 2.47. The van der Waals surface area contributed by atoms with Gasteiger partial charge in [0.2, 0.25) is 0 Å². The molecule has 0 radical (unpaired) electrons. The smallest absolute Gasteiger partial charge is 0.377 e. The van der Waals surface area contributed by atoms with Crippen LogP contribution in [0.15, 0.2) is 12.1 Å². The summed E-state index contributed by atoms with van der Waals surface area (Å²) in [5.41, 5.74) is 0.802. The van der Waals surface area contributed by atoms with Crippen LogP contribution in [0.3, 0.4) is 0 Å². The fourth-order valence-electron chi connectivity index (χ4n) is 1.58. The summed E-state index contributed by atoms with van der Waals surface area (Å²) in [6.07, 6.45) is 0. The Bertz CT molecular complexity index is 464. The zero-order valence-electron chi connectivity index (χ0n) is 8.65. The van der Waals surface area contributed by atoms with Crippen molar-refractivity contribution in [1.29, 1.82) is 0 Å². The van der Waals surface area contributed by atoms with Gasteiger partial charge in [-0.15, -0.1) is 0 Å². The van der Waals surface area contributed by atoms with E-state index < -0.39 is 11.8 Å². The van der Waals surface area contributed by atoms with Crippen molar-refractivity contribution in [3.8, 4) is 11.5 Å². The van der Waals surface area contributed by atoms with Crippen LogP contribution in [-0.4, -0.2) is 30.1 Å². The van der Waals surface area contributed by atoms with Gasteiger partial charge in [-0.2, -0.15) is 0 Å². The van der Waals surface area contributed by atoms with Crippen molar-refractivity contribution in [3.05, 3.63) is 23.3 Å². The molecule has 0 aromatic heterocycles. The van der Waals surface area contributed by atoms with Crippen LogP contribution >= 0.6 is 0 Å². The fraction of sp³-hybridized carbons (Fsp3) is 0.273. The summed E-state index contributed by atoms with van der Waals surface area (Å²) in [5.74, 6) is -1.42. The van der Waals surface area contributed by atoms with E-state index in [2.05, 4.69) is 0 Å². The average molecular weight is 222 g/mol. The van der Waals surface area contributed by atoms with E-state index in [-0.39, 0.29) is 5.56 Å². The number of aryl methyl sites for hydroxylation is 1. The molecule has 0 saturated heterocycles. The number of aliphatic carboxylic acids is 1. The number of hydrogen-bond acceptors (Lipinski definition) is 4. The van der Waals surface area contributed by atoms with E-state index in [0.717, 1.165) is 0 Å². The highest BCUT2D eigenvalue weighted by Gasteiger charge is 2.21. The zero-order chi connectivity index (χ0) is 11.7. The maximum absolute atomic E-state index is 11.3. The minimum absolute atomic E-state index is 0.106. The SMILES string of the molecule is Cc1cc(C(=O)C(=O)O)cc2c1OCCO2. The third-order valence-electron chi connectivity index (χ3n) is 2.28. The Labute approximate surface area is 91.6 Å². The number of ketones is 1. The number of Topliss-reactive ketones (excluding diaryl/α,β-unsaturated/α-hetero) is 1. The molecule has 2 rings (SSSR count). The van der Waals surface area contributed by atoms with Gasteiger partial charge >= 0.3 is 5.97 Å². The molecule has 16 heavy (non-hydrogen) atoms. The molecule has 0 spiro atoms. The van der Waals surface area contributed by atoms with Gasteiger partial charge in [0.15, 0.2) is 11.5 Å². The highest BCUT2D eigenvalue weighted by atomic mass is 16.6. The summed E-state index contributed by atoms with van der Waals surface area (Å²) in [6.45, 7) is 2.60. The lowest BCUT2D eigenvalue weighted by molar-refractivity contribution is -0.131. The second kappa shape index (κ2) is 3.84. The minimum atomic E-state index is -1.48. The molecule has 0 atom stereocenters. The Morgan fingerprint density at radius 2 is 1.94 bits per heavy atom. The number of hydrogen-bond donors (Lipinski definition) is 1. The Morgan fingerprint density at radius 3 is 2.62 bits per heavy atom. The third-order valence-corrected chi connectivity index (χ3v) is 2.28. The lowest BCUT2D eigenvalue weighted by atomic mass is 10.1. The van der Waals surface area contributed by atoms with Crippen molar-refractivity contribution < 1.29 is 24.2 Å². The lowest BCUT2D eigenvalue weighted by Gasteiger charge is -2.20. The molecule has 1 aromatic carbocycles. The number of carboxylic acid groups (broad SMARTS) is 1. The summed E-state index contributed by atoms with van der Waals surface area (Å²) in [4.78, 5) is 21.8. The van der Waals surface area contributed by atoms with Crippen LogP contribution in [-0.2, 0) is 4.79 Å². The van der Waals surface area contributed by atoms with Crippen molar-refractivity contribution in [2.75, 3.05) is 13.2 Å². The number of carboxylic acids is 1. The number of rotatable bonds is 2. The quantitative estimate of drug-likeness (QED) is 0.597. The van der Waals surface area contributed by atoms with Gasteiger partial charge in [0.1, 0.15) is 13.2 Å². The average Bonchev–Trinajstić information content (AvgIpc) is 2.28. The van der Waals surface area contributed by atoms with Gasteiger partial charge < -0.3 is 14.6 Å². The van der Waals surface area contributed by atoms with E-state index in [0.29, 0.717) is 30.3 Å². The first-order chi connectivity index (χ1) is 7.59. The number of fused-ring (bicyclic) bond motifs is 1. The van der Waals surface area contributed by atoms with Gasteiger partial charge in [0.05, 0.1) is 0 Å². The van der Waals surface area contributed by atoms with Crippen LogP contribution in [0.1, 0.15) is 15.9 Å². The third kappa shape index (κ3) is 1.71. The van der Waals surface area contributed by atoms with E-state index in [1.165, 1.54) is 12.1 Å². The maximum Gasteiger partial charge on any atom is 0.377 e. The number of carbonyl (C=O) groups excluding carboxylic acids is 1. The van der Waals surface area contributed by atoms with Gasteiger partial charge in [-0.05, 0) is 24.6 Å². The first-order valence-corrected chi connectivity index (χ1v) is 4.77. The van der Waals surface area contributed by atoms with Crippen LogP contribution in [0.5, 0.6) is 11.5 Å². The molecule has 0 amide bonds. The van der Waals surface area contributed by atoms with E-state index in [1.54, 1.807) is 6.92 Å². The van der Waals surface area contributed by atoms with Crippen LogP contribution in [0.4, 0.5) is 0 Å². The highest BCUT2D eigenvalue weighted by molar-refractivity contribution is 6.40. The normalized spacial score (nSPS) is 13.3. The maximum atomic E-state index is 11.3. The molecular formula is C11H10O5. The topological polar surface area (TPSA) is 72.8 Å². The first-order valence-electron chi connectivity index (χ1n) is 4.77. The fourth-order valence-corrected chi connectivity index (χ4v) is 1.58. The Morgan fingerprint density at radius 1 is 1.25 bits per heavy atom. The molecule has 1 heterocycles. The van der Waals surface area contributed by atoms with Crippen molar-refractivity contribution in [2.24, 2.45) is 0 Å². The molecule has 5 heteroatoms. The molecule has 1 N–H and O–H groups in total. The van der Waals surface area contributed by atoms with Gasteiger partial charge in [0.25, 0.3) is 5.78 Å². The summed E-state index contributed by atoms with van der Waals surface area (Å²) >= 11 is 0. The Kier molecular flexibility index (Phi) is 2.52. The zero-order valence-corrected chi connectivity index (χ0v) is 8.65. The molecular weight excluding hydrogens is 212 g/mol. The minimum Gasteiger partial charge on any atom is -0.486 e. The predicted octanol–water partition coefficient (Wildman–Crippen LogP) is 1.03. The summed E-state index contributed by atoms with van der Waals surface area (Å²) in [5, 5.41) is 8.61. The summed E-state index contributed by atoms with van der Waals surface area (Å²) in [6, 6.07) is 2.89. The molecule has 5 nitrogen and oxygen atoms in total. The Hall–Kier alpha value is -2.04. The van der Waals surface area contributed by atoms with E-state index in [4.69, 9.17) is 14.6 Å². The molecule has 0 saturated carbocycles. The van der Waals surface area contributed by atoms with Crippen LogP contribution in [0, 0.1) is 6.92 Å². The molecule has 1 aliphatic rings. The number of carbonyl (C=O) groups is 2. The molecule has 0 aliphatic carbocycles. The van der Waals surface area contributed by atoms with Gasteiger partial charge in [-0.3, -0.25) is 4.79 Å². The molecule has 1 aliphatic heterocycles. The van der Waals surface area contributed by atoms with Crippen LogP contribution in [0.2, 0.25) is 0 Å². The molecule has 0 fully saturated rings. The highest BCUT2D eigenvalue weighted by Crippen LogP contribution is 2.34. The van der Waals surface area contributed by atoms with Crippen LogP contribution < -0.4 is 9.47 Å². The first kappa shape index (κ1) is 10.5. The number of ether oxygens (including phenoxy) is 2. The molecule has 0 unspecified atom stereocenters. The van der Waals surface area contributed by atoms with Crippen LogP contribution in [0.25, 0.3) is 0 Å². The number of benzene rings is 1. The van der Waals surface area contributed by atoms with E-state index in [1.807, 2.05) is 0 Å². The molecule has 84 valence electrons. The summed E-state index contributed by atoms with van der Waals surface area (Å²) in [7, 11) is 0.